The topological polar surface area (TPSA) is 53.9 Å². The molecule has 1 aromatic rings. The molecule has 5 nitrogen and oxygen atoms in total. The van der Waals surface area contributed by atoms with Crippen molar-refractivity contribution in [2.24, 2.45) is 0 Å². The summed E-state index contributed by atoms with van der Waals surface area (Å²) in [6.45, 7) is 5.90. The molecule has 22 heavy (non-hydrogen) atoms. The second kappa shape index (κ2) is 7.40. The molecule has 0 aliphatic carbocycles. The highest BCUT2D eigenvalue weighted by Gasteiger charge is 2.29. The van der Waals surface area contributed by atoms with Crippen LogP contribution < -0.4 is 10.2 Å². The second-order valence-electron chi connectivity index (χ2n) is 6.19. The Labute approximate surface area is 132 Å². The number of rotatable bonds is 5. The Morgan fingerprint density at radius 3 is 2.41 bits per heavy atom. The molecule has 0 bridgehead atoms. The van der Waals surface area contributed by atoms with Gasteiger partial charge in [0.2, 0.25) is 0 Å². The molecule has 5 heteroatoms. The van der Waals surface area contributed by atoms with Gasteiger partial charge in [-0.15, -0.1) is 0 Å². The van der Waals surface area contributed by atoms with Gasteiger partial charge in [-0.25, -0.2) is 0 Å². The molecular weight excluding hydrogens is 278 g/mol. The van der Waals surface area contributed by atoms with Gasteiger partial charge in [0.1, 0.15) is 0 Å². The molecule has 1 aliphatic heterocycles. The number of likely N-dealkylation sites (N-methyl/N-ethyl adjacent to an activating group) is 1. The first-order valence-electron chi connectivity index (χ1n) is 7.95. The van der Waals surface area contributed by atoms with Gasteiger partial charge in [-0.3, -0.25) is 9.59 Å². The fourth-order valence-electron chi connectivity index (χ4n) is 2.67. The molecule has 120 valence electrons. The molecule has 1 fully saturated rings. The number of carbonyl (C=O) groups excluding carboxylic acids is 2. The van der Waals surface area contributed by atoms with Crippen molar-refractivity contribution in [2.75, 3.05) is 32.0 Å². The zero-order valence-electron chi connectivity index (χ0n) is 13.7. The molecule has 1 saturated heterocycles. The highest BCUT2D eigenvalue weighted by molar-refractivity contribution is 5.91. The first kappa shape index (κ1) is 16.5. The van der Waals surface area contributed by atoms with Crippen LogP contribution in [-0.2, 0) is 9.59 Å². The summed E-state index contributed by atoms with van der Waals surface area (Å²) in [4.78, 5) is 27.3. The van der Waals surface area contributed by atoms with Gasteiger partial charge in [-0.05, 0) is 38.8 Å². The fourth-order valence-corrected chi connectivity index (χ4v) is 2.67. The van der Waals surface area contributed by atoms with Crippen LogP contribution in [0, 0.1) is 6.92 Å². The van der Waals surface area contributed by atoms with Crippen LogP contribution >= 0.6 is 0 Å². The van der Waals surface area contributed by atoms with Crippen molar-refractivity contribution in [1.29, 1.82) is 0 Å². The van der Waals surface area contributed by atoms with Crippen LogP contribution in [-0.4, -0.2) is 49.4 Å². The molecule has 2 amide bonds. The van der Waals surface area contributed by atoms with Crippen molar-refractivity contribution in [3.05, 3.63) is 29.8 Å². The first-order valence-corrected chi connectivity index (χ1v) is 7.95. The van der Waals surface area contributed by atoms with E-state index in [0.29, 0.717) is 0 Å². The monoisotopic (exact) mass is 304 g/mol. The Morgan fingerprint density at radius 1 is 1.23 bits per heavy atom. The number of quaternary nitrogens is 1. The summed E-state index contributed by atoms with van der Waals surface area (Å²) in [7, 11) is 1.90. The fraction of sp³-hybridized carbons (Fsp3) is 0.529. The average Bonchev–Trinajstić information content (AvgIpc) is 3.02. The molecule has 0 radical (unpaired) electrons. The van der Waals surface area contributed by atoms with E-state index in [9.17, 15) is 9.59 Å². The Balaban J connectivity index is 1.84. The van der Waals surface area contributed by atoms with Crippen LogP contribution in [0.2, 0.25) is 0 Å². The number of hydrogen-bond acceptors (Lipinski definition) is 2. The SMILES string of the molecule is Cc1ccc(NC(=O)C[NH+](C)[C@@H](C)C(=O)N2CCCC2)cc1. The summed E-state index contributed by atoms with van der Waals surface area (Å²) in [6.07, 6.45) is 2.18. The average molecular weight is 304 g/mol. The van der Waals surface area contributed by atoms with Gasteiger partial charge in [-0.1, -0.05) is 17.7 Å². The van der Waals surface area contributed by atoms with E-state index < -0.39 is 0 Å². The largest absolute Gasteiger partial charge is 0.338 e. The number of hydrogen-bond donors (Lipinski definition) is 2. The molecule has 0 spiro atoms. The molecule has 1 aliphatic rings. The lowest BCUT2D eigenvalue weighted by Gasteiger charge is -2.24. The van der Waals surface area contributed by atoms with Crippen LogP contribution in [0.1, 0.15) is 25.3 Å². The van der Waals surface area contributed by atoms with Crippen LogP contribution in [0.25, 0.3) is 0 Å². The second-order valence-corrected chi connectivity index (χ2v) is 6.19. The zero-order chi connectivity index (χ0) is 16.1. The zero-order valence-corrected chi connectivity index (χ0v) is 13.7. The third-order valence-corrected chi connectivity index (χ3v) is 4.30. The Bertz CT molecular complexity index is 521. The van der Waals surface area contributed by atoms with Crippen molar-refractivity contribution in [3.8, 4) is 0 Å². The van der Waals surface area contributed by atoms with E-state index >= 15 is 0 Å². The minimum atomic E-state index is -0.193. The van der Waals surface area contributed by atoms with E-state index in [-0.39, 0.29) is 24.4 Å². The summed E-state index contributed by atoms with van der Waals surface area (Å²) in [5, 5.41) is 2.88. The number of amides is 2. The molecule has 1 heterocycles. The Hall–Kier alpha value is -1.88. The number of nitrogens with one attached hydrogen (secondary N) is 2. The number of likely N-dealkylation sites (tertiary alicyclic amines) is 1. The third-order valence-electron chi connectivity index (χ3n) is 4.30. The van der Waals surface area contributed by atoms with Gasteiger partial charge >= 0.3 is 0 Å². The number of aryl methyl sites for hydroxylation is 1. The predicted octanol–water partition coefficient (Wildman–Crippen LogP) is 0.459. The standard InChI is InChI=1S/C17H25N3O2/c1-13-6-8-15(9-7-13)18-16(21)12-19(3)14(2)17(22)20-10-4-5-11-20/h6-9,14H,4-5,10-12H2,1-3H3,(H,18,21)/p+1/t14-/m0/s1. The molecule has 0 saturated carbocycles. The van der Waals surface area contributed by atoms with Crippen LogP contribution in [0.4, 0.5) is 5.69 Å². The van der Waals surface area contributed by atoms with Crippen molar-refractivity contribution >= 4 is 17.5 Å². The molecular formula is C17H26N3O2+. The van der Waals surface area contributed by atoms with Gasteiger partial charge < -0.3 is 15.1 Å². The van der Waals surface area contributed by atoms with E-state index in [1.54, 1.807) is 0 Å². The maximum absolute atomic E-state index is 12.3. The molecule has 2 rings (SSSR count). The molecule has 1 unspecified atom stereocenters. The molecule has 2 atom stereocenters. The molecule has 0 aromatic heterocycles. The van der Waals surface area contributed by atoms with E-state index in [4.69, 9.17) is 0 Å². The minimum Gasteiger partial charge on any atom is -0.338 e. The first-order chi connectivity index (χ1) is 10.5. The summed E-state index contributed by atoms with van der Waals surface area (Å²) in [5.74, 6) is 0.0839. The maximum atomic E-state index is 12.3. The van der Waals surface area contributed by atoms with Crippen molar-refractivity contribution in [1.82, 2.24) is 4.90 Å². The summed E-state index contributed by atoms with van der Waals surface area (Å²) < 4.78 is 0. The predicted molar refractivity (Wildman–Crippen MR) is 86.8 cm³/mol. The number of carbonyl (C=O) groups is 2. The summed E-state index contributed by atoms with van der Waals surface area (Å²) in [6, 6.07) is 7.52. The van der Waals surface area contributed by atoms with Crippen molar-refractivity contribution < 1.29 is 14.5 Å². The quantitative estimate of drug-likeness (QED) is 0.830. The third kappa shape index (κ3) is 4.31. The van der Waals surface area contributed by atoms with Crippen LogP contribution in [0.15, 0.2) is 24.3 Å². The van der Waals surface area contributed by atoms with Gasteiger partial charge in [0, 0.05) is 18.8 Å². The Kier molecular flexibility index (Phi) is 5.55. The van der Waals surface area contributed by atoms with E-state index in [0.717, 1.165) is 42.1 Å². The van der Waals surface area contributed by atoms with Gasteiger partial charge in [0.15, 0.2) is 12.6 Å². The lowest BCUT2D eigenvalue weighted by Crippen LogP contribution is -3.15. The Morgan fingerprint density at radius 2 is 1.82 bits per heavy atom. The maximum Gasteiger partial charge on any atom is 0.280 e. The van der Waals surface area contributed by atoms with E-state index in [2.05, 4.69) is 5.32 Å². The van der Waals surface area contributed by atoms with Crippen molar-refractivity contribution in [3.63, 3.8) is 0 Å². The van der Waals surface area contributed by atoms with E-state index in [1.807, 2.05) is 50.1 Å². The minimum absolute atomic E-state index is 0.0672. The normalized spacial score (nSPS) is 17.1. The van der Waals surface area contributed by atoms with Crippen LogP contribution in [0.5, 0.6) is 0 Å². The highest BCUT2D eigenvalue weighted by Crippen LogP contribution is 2.09. The summed E-state index contributed by atoms with van der Waals surface area (Å²) in [5.41, 5.74) is 1.95. The number of benzene rings is 1. The number of anilines is 1. The van der Waals surface area contributed by atoms with E-state index in [1.165, 1.54) is 0 Å². The van der Waals surface area contributed by atoms with Crippen molar-refractivity contribution in [2.45, 2.75) is 32.7 Å². The highest BCUT2D eigenvalue weighted by atomic mass is 16.2. The summed E-state index contributed by atoms with van der Waals surface area (Å²) >= 11 is 0. The lowest BCUT2D eigenvalue weighted by atomic mass is 10.2. The van der Waals surface area contributed by atoms with Gasteiger partial charge in [0.05, 0.1) is 7.05 Å². The van der Waals surface area contributed by atoms with Gasteiger partial charge in [-0.2, -0.15) is 0 Å². The smallest absolute Gasteiger partial charge is 0.280 e. The molecule has 1 aromatic carbocycles. The molecule has 2 N–H and O–H groups in total. The lowest BCUT2D eigenvalue weighted by molar-refractivity contribution is -0.886. The van der Waals surface area contributed by atoms with Gasteiger partial charge in [0.25, 0.3) is 11.8 Å². The number of nitrogens with zero attached hydrogens (tertiary/aromatic N) is 1. The van der Waals surface area contributed by atoms with Crippen LogP contribution in [0.3, 0.4) is 0 Å².